The fraction of sp³-hybridized carbons (Fsp3) is 0.0588. The van der Waals surface area contributed by atoms with Gasteiger partial charge in [0.25, 0.3) is 11.7 Å². The fourth-order valence-electron chi connectivity index (χ4n) is 2.42. The number of fused-ring (bicyclic) bond motifs is 1. The topological polar surface area (TPSA) is 46.2 Å². The molecule has 0 aliphatic heterocycles. The SMILES string of the molecule is O=C(Nc1c(Cl)cccc1Cl)C(=O)C1=CCc2ccc(Br)cc21. The van der Waals surface area contributed by atoms with E-state index in [1.807, 2.05) is 18.2 Å². The number of anilines is 1. The molecular formula is C17H10BrCl2NO2. The van der Waals surface area contributed by atoms with Gasteiger partial charge in [0.2, 0.25) is 0 Å². The number of nitrogens with one attached hydrogen (secondary N) is 1. The summed E-state index contributed by atoms with van der Waals surface area (Å²) in [6.45, 7) is 0. The highest BCUT2D eigenvalue weighted by atomic mass is 79.9. The second kappa shape index (κ2) is 6.48. The van der Waals surface area contributed by atoms with Crippen molar-refractivity contribution in [3.63, 3.8) is 0 Å². The van der Waals surface area contributed by atoms with Crippen LogP contribution < -0.4 is 5.32 Å². The summed E-state index contributed by atoms with van der Waals surface area (Å²) in [7, 11) is 0. The number of rotatable bonds is 3. The van der Waals surface area contributed by atoms with E-state index in [9.17, 15) is 9.59 Å². The summed E-state index contributed by atoms with van der Waals surface area (Å²) in [5.41, 5.74) is 2.41. The molecule has 3 nitrogen and oxygen atoms in total. The van der Waals surface area contributed by atoms with Crippen molar-refractivity contribution in [2.45, 2.75) is 6.42 Å². The Bertz CT molecular complexity index is 841. The molecule has 0 heterocycles. The van der Waals surface area contributed by atoms with Crippen LogP contribution in [0, 0.1) is 0 Å². The van der Waals surface area contributed by atoms with Gasteiger partial charge in [-0.15, -0.1) is 0 Å². The average molecular weight is 411 g/mol. The van der Waals surface area contributed by atoms with Gasteiger partial charge in [0.05, 0.1) is 15.7 Å². The molecule has 1 aliphatic rings. The molecule has 3 rings (SSSR count). The number of hydrogen-bond acceptors (Lipinski definition) is 2. The lowest BCUT2D eigenvalue weighted by Gasteiger charge is -2.09. The summed E-state index contributed by atoms with van der Waals surface area (Å²) in [6, 6.07) is 10.5. The summed E-state index contributed by atoms with van der Waals surface area (Å²) >= 11 is 15.4. The van der Waals surface area contributed by atoms with Crippen molar-refractivity contribution in [3.8, 4) is 0 Å². The van der Waals surface area contributed by atoms with Gasteiger partial charge < -0.3 is 5.32 Å². The van der Waals surface area contributed by atoms with Crippen LogP contribution in [0.1, 0.15) is 11.1 Å². The summed E-state index contributed by atoms with van der Waals surface area (Å²) in [5.74, 6) is -1.38. The molecule has 0 aromatic heterocycles. The van der Waals surface area contributed by atoms with Crippen LogP contribution in [0.3, 0.4) is 0 Å². The van der Waals surface area contributed by atoms with Crippen molar-refractivity contribution >= 4 is 62.1 Å². The first-order chi connectivity index (χ1) is 11.0. The van der Waals surface area contributed by atoms with Gasteiger partial charge in [0, 0.05) is 10.0 Å². The number of hydrogen-bond donors (Lipinski definition) is 1. The number of para-hydroxylation sites is 1. The van der Waals surface area contributed by atoms with Crippen LogP contribution in [-0.2, 0) is 16.0 Å². The summed E-state index contributed by atoms with van der Waals surface area (Å²) in [6.07, 6.45) is 2.39. The molecule has 0 unspecified atom stereocenters. The normalized spacial score (nSPS) is 12.6. The lowest BCUT2D eigenvalue weighted by atomic mass is 10.0. The average Bonchev–Trinajstić information content (AvgIpc) is 2.93. The van der Waals surface area contributed by atoms with Gasteiger partial charge in [-0.1, -0.05) is 57.3 Å². The molecule has 2 aromatic rings. The third-order valence-electron chi connectivity index (χ3n) is 3.54. The van der Waals surface area contributed by atoms with Crippen molar-refractivity contribution in [2.75, 3.05) is 5.32 Å². The molecular weight excluding hydrogens is 401 g/mol. The maximum absolute atomic E-state index is 12.5. The molecule has 2 aromatic carbocycles. The Kier molecular flexibility index (Phi) is 4.57. The van der Waals surface area contributed by atoms with Crippen LogP contribution in [0.2, 0.25) is 10.0 Å². The monoisotopic (exact) mass is 409 g/mol. The van der Waals surface area contributed by atoms with Gasteiger partial charge >= 0.3 is 0 Å². The van der Waals surface area contributed by atoms with Gasteiger partial charge in [0.1, 0.15) is 0 Å². The Labute approximate surface area is 151 Å². The Hall–Kier alpha value is -1.62. The van der Waals surface area contributed by atoms with Crippen LogP contribution in [0.25, 0.3) is 5.57 Å². The molecule has 1 N–H and O–H groups in total. The Morgan fingerprint density at radius 1 is 1.09 bits per heavy atom. The largest absolute Gasteiger partial charge is 0.317 e. The molecule has 0 saturated carbocycles. The van der Waals surface area contributed by atoms with Gasteiger partial charge in [-0.3, -0.25) is 9.59 Å². The smallest absolute Gasteiger partial charge is 0.296 e. The number of amides is 1. The minimum atomic E-state index is -0.765. The molecule has 116 valence electrons. The van der Waals surface area contributed by atoms with Gasteiger partial charge in [-0.05, 0) is 41.8 Å². The predicted octanol–water partition coefficient (Wildman–Crippen LogP) is 4.90. The quantitative estimate of drug-likeness (QED) is 0.731. The number of halogens is 3. The highest BCUT2D eigenvalue weighted by Gasteiger charge is 2.26. The summed E-state index contributed by atoms with van der Waals surface area (Å²) < 4.78 is 0.853. The molecule has 23 heavy (non-hydrogen) atoms. The number of ketones is 1. The highest BCUT2D eigenvalue weighted by Crippen LogP contribution is 2.32. The standard InChI is InChI=1S/C17H10BrCl2NO2/c18-10-6-4-9-5-7-11(12(9)8-10)16(22)17(23)21-15-13(19)2-1-3-14(15)20/h1-4,6-8H,5H2,(H,21,23). The van der Waals surface area contributed by atoms with Crippen molar-refractivity contribution in [3.05, 3.63) is 68.1 Å². The molecule has 0 atom stereocenters. The fourth-order valence-corrected chi connectivity index (χ4v) is 3.28. The zero-order valence-corrected chi connectivity index (χ0v) is 14.8. The number of carbonyl (C=O) groups is 2. The Morgan fingerprint density at radius 3 is 2.48 bits per heavy atom. The zero-order chi connectivity index (χ0) is 16.6. The zero-order valence-electron chi connectivity index (χ0n) is 11.7. The molecule has 0 spiro atoms. The first kappa shape index (κ1) is 16.2. The lowest BCUT2D eigenvalue weighted by Crippen LogP contribution is -2.23. The minimum Gasteiger partial charge on any atom is -0.317 e. The highest BCUT2D eigenvalue weighted by molar-refractivity contribution is 9.10. The lowest BCUT2D eigenvalue weighted by molar-refractivity contribution is -0.131. The van der Waals surface area contributed by atoms with Gasteiger partial charge in [-0.2, -0.15) is 0 Å². The predicted molar refractivity (Wildman–Crippen MR) is 95.9 cm³/mol. The van der Waals surface area contributed by atoms with Gasteiger partial charge in [-0.25, -0.2) is 0 Å². The molecule has 6 heteroatoms. The first-order valence-corrected chi connectivity index (χ1v) is 8.31. The molecule has 0 bridgehead atoms. The Balaban J connectivity index is 1.85. The van der Waals surface area contributed by atoms with Crippen molar-refractivity contribution in [1.82, 2.24) is 0 Å². The van der Waals surface area contributed by atoms with Gasteiger partial charge in [0.15, 0.2) is 0 Å². The van der Waals surface area contributed by atoms with E-state index < -0.39 is 11.7 Å². The van der Waals surface area contributed by atoms with E-state index >= 15 is 0 Å². The van der Waals surface area contributed by atoms with Crippen LogP contribution in [0.5, 0.6) is 0 Å². The van der Waals surface area contributed by atoms with Crippen molar-refractivity contribution < 1.29 is 9.59 Å². The second-order valence-electron chi connectivity index (χ2n) is 5.00. The van der Waals surface area contributed by atoms with E-state index in [0.717, 1.165) is 15.6 Å². The molecule has 1 aliphatic carbocycles. The van der Waals surface area contributed by atoms with Crippen LogP contribution in [0.4, 0.5) is 5.69 Å². The number of Topliss-reactive ketones (excluding diaryl/α,β-unsaturated/α-hetero) is 1. The number of allylic oxidation sites excluding steroid dienone is 1. The van der Waals surface area contributed by atoms with E-state index in [-0.39, 0.29) is 15.7 Å². The third kappa shape index (κ3) is 3.20. The van der Waals surface area contributed by atoms with Crippen LogP contribution in [-0.4, -0.2) is 11.7 Å². The van der Waals surface area contributed by atoms with Crippen molar-refractivity contribution in [2.24, 2.45) is 0 Å². The molecule has 0 fully saturated rings. The van der Waals surface area contributed by atoms with E-state index in [1.165, 1.54) is 0 Å². The molecule has 1 amide bonds. The van der Waals surface area contributed by atoms with Crippen molar-refractivity contribution in [1.29, 1.82) is 0 Å². The summed E-state index contributed by atoms with van der Waals surface area (Å²) in [4.78, 5) is 24.7. The maximum Gasteiger partial charge on any atom is 0.296 e. The summed E-state index contributed by atoms with van der Waals surface area (Å²) in [5, 5.41) is 3.06. The van der Waals surface area contributed by atoms with Crippen LogP contribution >= 0.6 is 39.1 Å². The maximum atomic E-state index is 12.5. The Morgan fingerprint density at radius 2 is 1.78 bits per heavy atom. The molecule has 0 saturated heterocycles. The number of carbonyl (C=O) groups excluding carboxylic acids is 2. The molecule has 0 radical (unpaired) electrons. The van der Waals surface area contributed by atoms with E-state index in [1.54, 1.807) is 24.3 Å². The van der Waals surface area contributed by atoms with E-state index in [0.29, 0.717) is 12.0 Å². The number of benzene rings is 2. The first-order valence-electron chi connectivity index (χ1n) is 6.76. The van der Waals surface area contributed by atoms with E-state index in [2.05, 4.69) is 21.2 Å². The second-order valence-corrected chi connectivity index (χ2v) is 6.73. The van der Waals surface area contributed by atoms with E-state index in [4.69, 9.17) is 23.2 Å². The minimum absolute atomic E-state index is 0.238. The van der Waals surface area contributed by atoms with Crippen LogP contribution in [0.15, 0.2) is 46.9 Å². The third-order valence-corrected chi connectivity index (χ3v) is 4.66.